The molecule has 0 aliphatic rings. The average molecular weight is 370 g/mol. The van der Waals surface area contributed by atoms with Gasteiger partial charge in [0.25, 0.3) is 0 Å². The smallest absolute Gasteiger partial charge is 0.344 e. The molecule has 0 spiro atoms. The van der Waals surface area contributed by atoms with Gasteiger partial charge in [0.15, 0.2) is 0 Å². The monoisotopic (exact) mass is 370 g/mol. The van der Waals surface area contributed by atoms with Crippen LogP contribution in [0.15, 0.2) is 18.2 Å². The molecule has 1 rings (SSSR count). The molecule has 26 heavy (non-hydrogen) atoms. The highest BCUT2D eigenvalue weighted by Gasteiger charge is 2.50. The molecule has 0 saturated carbocycles. The fourth-order valence-electron chi connectivity index (χ4n) is 2.30. The lowest BCUT2D eigenvalue weighted by atomic mass is 9.90. The van der Waals surface area contributed by atoms with E-state index in [-0.39, 0.29) is 18.8 Å². The van der Waals surface area contributed by atoms with Crippen molar-refractivity contribution in [2.24, 2.45) is 0 Å². The fraction of sp³-hybridized carbons (Fsp3) is 0.438. The molecule has 1 N–H and O–H groups in total. The van der Waals surface area contributed by atoms with Crippen LogP contribution in [0.3, 0.4) is 0 Å². The maximum absolute atomic E-state index is 13.9. The van der Waals surface area contributed by atoms with Gasteiger partial charge in [0.2, 0.25) is 17.3 Å². The molecule has 0 aromatic heterocycles. The van der Waals surface area contributed by atoms with Crippen molar-refractivity contribution in [3.63, 3.8) is 0 Å². The molecule has 0 atom stereocenters. The van der Waals surface area contributed by atoms with Crippen LogP contribution < -0.4 is 5.32 Å². The molecule has 0 radical (unpaired) electrons. The predicted octanol–water partition coefficient (Wildman–Crippen LogP) is 1.28. The first-order chi connectivity index (χ1) is 12.2. The Kier molecular flexibility index (Phi) is 7.17. The lowest BCUT2D eigenvalue weighted by Crippen LogP contribution is -2.62. The Labute approximate surface area is 148 Å². The van der Waals surface area contributed by atoms with Crippen molar-refractivity contribution in [2.45, 2.75) is 32.7 Å². The van der Waals surface area contributed by atoms with Crippen molar-refractivity contribution in [3.05, 3.63) is 39.7 Å². The van der Waals surface area contributed by atoms with Gasteiger partial charge in [-0.05, 0) is 25.5 Å². The number of nitro benzene ring substituents is 1. The second-order valence-corrected chi connectivity index (χ2v) is 5.25. The van der Waals surface area contributed by atoms with Crippen molar-refractivity contribution < 1.29 is 33.2 Å². The number of hydrogen-bond acceptors (Lipinski definition) is 7. The molecule has 1 aromatic carbocycles. The quantitative estimate of drug-likeness (QED) is 0.316. The molecule has 0 bridgehead atoms. The molecule has 0 unspecified atom stereocenters. The summed E-state index contributed by atoms with van der Waals surface area (Å²) in [7, 11) is 0. The summed E-state index contributed by atoms with van der Waals surface area (Å²) in [4.78, 5) is 46.3. The molecule has 1 aromatic rings. The number of rotatable bonds is 8. The minimum Gasteiger partial charge on any atom is -0.464 e. The van der Waals surface area contributed by atoms with Crippen molar-refractivity contribution in [1.82, 2.24) is 5.32 Å². The van der Waals surface area contributed by atoms with Crippen molar-refractivity contribution in [1.29, 1.82) is 0 Å². The van der Waals surface area contributed by atoms with Crippen LogP contribution in [0.5, 0.6) is 0 Å². The summed E-state index contributed by atoms with van der Waals surface area (Å²) in [5.41, 5.74) is -2.94. The largest absolute Gasteiger partial charge is 0.464 e. The Morgan fingerprint density at radius 2 is 1.73 bits per heavy atom. The number of carbonyl (C=O) groups is 3. The summed E-state index contributed by atoms with van der Waals surface area (Å²) >= 11 is 0. The van der Waals surface area contributed by atoms with E-state index in [4.69, 9.17) is 9.47 Å². The highest BCUT2D eigenvalue weighted by molar-refractivity contribution is 6.08. The number of esters is 2. The number of nitrogens with one attached hydrogen (secondary N) is 1. The fourth-order valence-corrected chi connectivity index (χ4v) is 2.30. The third kappa shape index (κ3) is 4.74. The molecular formula is C16H19FN2O7. The van der Waals surface area contributed by atoms with Gasteiger partial charge in [-0.25, -0.2) is 9.59 Å². The number of halogens is 1. The Hall–Kier alpha value is -3.04. The van der Waals surface area contributed by atoms with Gasteiger partial charge in [-0.15, -0.1) is 0 Å². The number of hydrogen-bond donors (Lipinski definition) is 1. The van der Waals surface area contributed by atoms with Gasteiger partial charge in [-0.2, -0.15) is 4.39 Å². The third-order valence-electron chi connectivity index (χ3n) is 3.32. The van der Waals surface area contributed by atoms with Crippen LogP contribution in [-0.2, 0) is 30.3 Å². The Bertz CT molecular complexity index is 703. The van der Waals surface area contributed by atoms with Gasteiger partial charge in [0.1, 0.15) is 0 Å². The molecule has 0 aliphatic carbocycles. The second kappa shape index (κ2) is 8.88. The summed E-state index contributed by atoms with van der Waals surface area (Å²) < 4.78 is 23.6. The van der Waals surface area contributed by atoms with E-state index in [0.29, 0.717) is 0 Å². The SMILES string of the molecule is CCOC(=O)C(Cc1ccc([N+](=O)[O-])c(F)c1)(NC(C)=O)C(=O)OCC. The summed E-state index contributed by atoms with van der Waals surface area (Å²) in [6.07, 6.45) is -0.501. The molecule has 10 heteroatoms. The van der Waals surface area contributed by atoms with Crippen LogP contribution in [0.1, 0.15) is 26.3 Å². The van der Waals surface area contributed by atoms with Crippen LogP contribution in [0.4, 0.5) is 10.1 Å². The molecule has 0 saturated heterocycles. The van der Waals surface area contributed by atoms with Crippen molar-refractivity contribution in [2.75, 3.05) is 13.2 Å². The van der Waals surface area contributed by atoms with Gasteiger partial charge in [-0.1, -0.05) is 6.07 Å². The third-order valence-corrected chi connectivity index (χ3v) is 3.32. The van der Waals surface area contributed by atoms with E-state index in [0.717, 1.165) is 19.1 Å². The topological polar surface area (TPSA) is 125 Å². The van der Waals surface area contributed by atoms with Crippen LogP contribution in [0, 0.1) is 15.9 Å². The normalized spacial score (nSPS) is 10.8. The first kappa shape index (κ1) is 21.0. The molecule has 0 heterocycles. The highest BCUT2D eigenvalue weighted by Crippen LogP contribution is 2.23. The van der Waals surface area contributed by atoms with Crippen LogP contribution in [0.2, 0.25) is 0 Å². The van der Waals surface area contributed by atoms with E-state index in [1.54, 1.807) is 0 Å². The summed E-state index contributed by atoms with van der Waals surface area (Å²) in [5.74, 6) is -4.01. The zero-order valence-corrected chi connectivity index (χ0v) is 14.5. The van der Waals surface area contributed by atoms with Crippen LogP contribution in [0.25, 0.3) is 0 Å². The minimum absolute atomic E-state index is 0.0583. The zero-order valence-electron chi connectivity index (χ0n) is 14.5. The number of carbonyl (C=O) groups excluding carboxylic acids is 3. The standard InChI is InChI=1S/C16H19FN2O7/c1-4-25-14(21)16(18-10(3)20,15(22)26-5-2)9-11-6-7-13(19(23)24)12(17)8-11/h6-8H,4-5,9H2,1-3H3,(H,18,20). The molecular weight excluding hydrogens is 351 g/mol. The summed E-state index contributed by atoms with van der Waals surface area (Å²) in [6.45, 7) is 3.95. The summed E-state index contributed by atoms with van der Waals surface area (Å²) in [5, 5.41) is 12.9. The molecule has 142 valence electrons. The lowest BCUT2D eigenvalue weighted by molar-refractivity contribution is -0.387. The zero-order chi connectivity index (χ0) is 19.9. The van der Waals surface area contributed by atoms with E-state index in [2.05, 4.69) is 5.32 Å². The predicted molar refractivity (Wildman–Crippen MR) is 86.6 cm³/mol. The van der Waals surface area contributed by atoms with Gasteiger partial charge in [0.05, 0.1) is 18.1 Å². The maximum atomic E-state index is 13.9. The molecule has 1 amide bonds. The number of benzene rings is 1. The number of ether oxygens (including phenoxy) is 2. The van der Waals surface area contributed by atoms with E-state index in [1.165, 1.54) is 19.9 Å². The molecule has 0 aliphatic heterocycles. The lowest BCUT2D eigenvalue weighted by Gasteiger charge is -2.29. The molecule has 0 fully saturated rings. The van der Waals surface area contributed by atoms with Gasteiger partial charge in [0, 0.05) is 19.4 Å². The van der Waals surface area contributed by atoms with Gasteiger partial charge < -0.3 is 14.8 Å². The van der Waals surface area contributed by atoms with E-state index in [1.807, 2.05) is 0 Å². The number of nitro groups is 1. The Morgan fingerprint density at radius 3 is 2.12 bits per heavy atom. The summed E-state index contributed by atoms with van der Waals surface area (Å²) in [6, 6.07) is 2.89. The van der Waals surface area contributed by atoms with E-state index < -0.39 is 46.2 Å². The Balaban J connectivity index is 3.40. The first-order valence-electron chi connectivity index (χ1n) is 7.74. The first-order valence-corrected chi connectivity index (χ1v) is 7.74. The molecule has 9 nitrogen and oxygen atoms in total. The Morgan fingerprint density at radius 1 is 1.19 bits per heavy atom. The average Bonchev–Trinajstić information content (AvgIpc) is 2.53. The highest BCUT2D eigenvalue weighted by atomic mass is 19.1. The minimum atomic E-state index is -2.24. The van der Waals surface area contributed by atoms with Crippen molar-refractivity contribution in [3.8, 4) is 0 Å². The second-order valence-electron chi connectivity index (χ2n) is 5.25. The van der Waals surface area contributed by atoms with Crippen LogP contribution >= 0.6 is 0 Å². The van der Waals surface area contributed by atoms with Gasteiger partial charge in [-0.3, -0.25) is 14.9 Å². The number of nitrogens with zero attached hydrogens (tertiary/aromatic N) is 1. The van der Waals surface area contributed by atoms with E-state index >= 15 is 0 Å². The maximum Gasteiger partial charge on any atom is 0.344 e. The van der Waals surface area contributed by atoms with Gasteiger partial charge >= 0.3 is 17.6 Å². The van der Waals surface area contributed by atoms with Crippen LogP contribution in [-0.4, -0.2) is 41.5 Å². The van der Waals surface area contributed by atoms with E-state index in [9.17, 15) is 28.9 Å². The van der Waals surface area contributed by atoms with Crippen molar-refractivity contribution >= 4 is 23.5 Å². The number of amides is 1.